The van der Waals surface area contributed by atoms with Gasteiger partial charge in [-0.05, 0) is 67.9 Å². The van der Waals surface area contributed by atoms with Crippen molar-refractivity contribution in [3.8, 4) is 5.75 Å². The van der Waals surface area contributed by atoms with Crippen molar-refractivity contribution in [3.63, 3.8) is 0 Å². The standard InChI is InChI=1S/C22H30O2/c23-15-16-6-7-20-12-13-21(24-22(20)14-16)19-10-8-18(9-11-19)17-4-2-1-3-5-17/h6-7,14-15,17-19,21H,1-5,8-13H2. The van der Waals surface area contributed by atoms with E-state index >= 15 is 0 Å². The van der Waals surface area contributed by atoms with Crippen molar-refractivity contribution in [1.29, 1.82) is 0 Å². The van der Waals surface area contributed by atoms with Gasteiger partial charge in [-0.3, -0.25) is 4.79 Å². The second-order valence-corrected chi connectivity index (χ2v) is 8.25. The van der Waals surface area contributed by atoms with Crippen LogP contribution in [0.5, 0.6) is 5.75 Å². The van der Waals surface area contributed by atoms with Crippen molar-refractivity contribution >= 4 is 6.29 Å². The first-order valence-electron chi connectivity index (χ1n) is 10.1. The third-order valence-corrected chi connectivity index (χ3v) is 6.86. The van der Waals surface area contributed by atoms with Crippen LogP contribution in [-0.2, 0) is 6.42 Å². The Kier molecular flexibility index (Phi) is 4.91. The molecular weight excluding hydrogens is 296 g/mol. The van der Waals surface area contributed by atoms with E-state index in [0.29, 0.717) is 6.10 Å². The molecule has 0 aromatic heterocycles. The van der Waals surface area contributed by atoms with Crippen LogP contribution < -0.4 is 4.74 Å². The molecule has 0 saturated heterocycles. The highest BCUT2D eigenvalue weighted by Crippen LogP contribution is 2.43. The fourth-order valence-corrected chi connectivity index (χ4v) is 5.41. The van der Waals surface area contributed by atoms with E-state index < -0.39 is 0 Å². The fraction of sp³-hybridized carbons (Fsp3) is 0.682. The molecule has 1 aromatic carbocycles. The van der Waals surface area contributed by atoms with Crippen LogP contribution in [0, 0.1) is 17.8 Å². The Morgan fingerprint density at radius 2 is 1.54 bits per heavy atom. The van der Waals surface area contributed by atoms with Crippen LogP contribution in [0.1, 0.15) is 80.1 Å². The molecule has 0 N–H and O–H groups in total. The summed E-state index contributed by atoms with van der Waals surface area (Å²) in [6.07, 6.45) is 16.4. The van der Waals surface area contributed by atoms with Gasteiger partial charge in [0.05, 0.1) is 0 Å². The maximum absolute atomic E-state index is 11.0. The first-order valence-corrected chi connectivity index (χ1v) is 10.1. The summed E-state index contributed by atoms with van der Waals surface area (Å²) in [6, 6.07) is 5.91. The van der Waals surface area contributed by atoms with Gasteiger partial charge >= 0.3 is 0 Å². The van der Waals surface area contributed by atoms with Gasteiger partial charge in [-0.2, -0.15) is 0 Å². The summed E-state index contributed by atoms with van der Waals surface area (Å²) in [7, 11) is 0. The number of fused-ring (bicyclic) bond motifs is 1. The van der Waals surface area contributed by atoms with Crippen LogP contribution in [0.3, 0.4) is 0 Å². The lowest BCUT2D eigenvalue weighted by Gasteiger charge is -2.39. The Labute approximate surface area is 146 Å². The molecule has 1 heterocycles. The van der Waals surface area contributed by atoms with E-state index in [0.717, 1.165) is 48.2 Å². The molecule has 0 amide bonds. The molecule has 2 nitrogen and oxygen atoms in total. The van der Waals surface area contributed by atoms with Gasteiger partial charge in [-0.1, -0.05) is 44.2 Å². The summed E-state index contributed by atoms with van der Waals surface area (Å²) in [5.41, 5.74) is 2.00. The maximum atomic E-state index is 11.0. The fourth-order valence-electron chi connectivity index (χ4n) is 5.41. The monoisotopic (exact) mass is 326 g/mol. The highest BCUT2D eigenvalue weighted by Gasteiger charge is 2.34. The van der Waals surface area contributed by atoms with Gasteiger partial charge < -0.3 is 4.74 Å². The zero-order valence-corrected chi connectivity index (χ0v) is 14.7. The van der Waals surface area contributed by atoms with Crippen LogP contribution in [-0.4, -0.2) is 12.4 Å². The number of benzene rings is 1. The Morgan fingerprint density at radius 3 is 2.29 bits per heavy atom. The lowest BCUT2D eigenvalue weighted by molar-refractivity contribution is 0.0629. The van der Waals surface area contributed by atoms with Gasteiger partial charge in [0.2, 0.25) is 0 Å². The van der Waals surface area contributed by atoms with Crippen molar-refractivity contribution in [2.45, 2.75) is 76.7 Å². The largest absolute Gasteiger partial charge is 0.490 e. The second-order valence-electron chi connectivity index (χ2n) is 8.25. The van der Waals surface area contributed by atoms with Crippen LogP contribution in [0.25, 0.3) is 0 Å². The molecular formula is C22H30O2. The summed E-state index contributed by atoms with van der Waals surface area (Å²) in [5.74, 6) is 3.69. The van der Waals surface area contributed by atoms with Crippen molar-refractivity contribution in [2.75, 3.05) is 0 Å². The predicted octanol–water partition coefficient (Wildman–Crippen LogP) is 5.58. The molecule has 2 aliphatic carbocycles. The number of carbonyl (C=O) groups is 1. The summed E-state index contributed by atoms with van der Waals surface area (Å²) in [5, 5.41) is 0. The lowest BCUT2D eigenvalue weighted by Crippen LogP contribution is -2.35. The van der Waals surface area contributed by atoms with Crippen LogP contribution >= 0.6 is 0 Å². The van der Waals surface area contributed by atoms with E-state index in [1.54, 1.807) is 0 Å². The summed E-state index contributed by atoms with van der Waals surface area (Å²) in [6.45, 7) is 0. The van der Waals surface area contributed by atoms with Crippen LogP contribution in [0.4, 0.5) is 0 Å². The smallest absolute Gasteiger partial charge is 0.150 e. The molecule has 1 aromatic rings. The Hall–Kier alpha value is -1.31. The minimum Gasteiger partial charge on any atom is -0.490 e. The van der Waals surface area contributed by atoms with Crippen LogP contribution in [0.15, 0.2) is 18.2 Å². The van der Waals surface area contributed by atoms with E-state index in [9.17, 15) is 4.79 Å². The number of aryl methyl sites for hydroxylation is 1. The number of ether oxygens (including phenoxy) is 1. The van der Waals surface area contributed by atoms with Crippen molar-refractivity contribution in [1.82, 2.24) is 0 Å². The Bertz CT molecular complexity index is 565. The SMILES string of the molecule is O=Cc1ccc2c(c1)OC(C1CCC(C3CCCCC3)CC1)CC2. The number of hydrogen-bond acceptors (Lipinski definition) is 2. The van der Waals surface area contributed by atoms with Gasteiger partial charge in [0.1, 0.15) is 18.1 Å². The van der Waals surface area contributed by atoms with Gasteiger partial charge in [0.25, 0.3) is 0 Å². The quantitative estimate of drug-likeness (QED) is 0.678. The van der Waals surface area contributed by atoms with Crippen LogP contribution in [0.2, 0.25) is 0 Å². The third-order valence-electron chi connectivity index (χ3n) is 6.86. The molecule has 2 saturated carbocycles. The van der Waals surface area contributed by atoms with E-state index in [4.69, 9.17) is 4.74 Å². The highest BCUT2D eigenvalue weighted by atomic mass is 16.5. The average Bonchev–Trinajstić information content (AvgIpc) is 2.68. The lowest BCUT2D eigenvalue weighted by atomic mass is 9.69. The Morgan fingerprint density at radius 1 is 0.833 bits per heavy atom. The molecule has 0 bridgehead atoms. The average molecular weight is 326 g/mol. The van der Waals surface area contributed by atoms with Crippen molar-refractivity contribution in [3.05, 3.63) is 29.3 Å². The van der Waals surface area contributed by atoms with Gasteiger partial charge in [-0.15, -0.1) is 0 Å². The van der Waals surface area contributed by atoms with Gasteiger partial charge in [-0.25, -0.2) is 0 Å². The highest BCUT2D eigenvalue weighted by molar-refractivity contribution is 5.76. The molecule has 3 aliphatic rings. The van der Waals surface area contributed by atoms with E-state index in [1.807, 2.05) is 12.1 Å². The molecule has 1 unspecified atom stereocenters. The second kappa shape index (κ2) is 7.29. The van der Waals surface area contributed by atoms with E-state index in [1.165, 1.54) is 63.4 Å². The topological polar surface area (TPSA) is 26.3 Å². The molecule has 4 rings (SSSR count). The minimum atomic E-state index is 0.367. The first-order chi connectivity index (χ1) is 11.8. The minimum absolute atomic E-state index is 0.367. The predicted molar refractivity (Wildman–Crippen MR) is 96.6 cm³/mol. The summed E-state index contributed by atoms with van der Waals surface area (Å²) < 4.78 is 6.34. The van der Waals surface area contributed by atoms with E-state index in [2.05, 4.69) is 6.07 Å². The summed E-state index contributed by atoms with van der Waals surface area (Å²) >= 11 is 0. The number of hydrogen-bond donors (Lipinski definition) is 0. The van der Waals surface area contributed by atoms with Crippen molar-refractivity contribution in [2.24, 2.45) is 17.8 Å². The number of carbonyl (C=O) groups excluding carboxylic acids is 1. The molecule has 2 heteroatoms. The Balaban J connectivity index is 1.35. The molecule has 130 valence electrons. The molecule has 24 heavy (non-hydrogen) atoms. The first kappa shape index (κ1) is 16.2. The molecule has 0 radical (unpaired) electrons. The maximum Gasteiger partial charge on any atom is 0.150 e. The molecule has 1 atom stereocenters. The molecule has 1 aliphatic heterocycles. The third kappa shape index (κ3) is 3.38. The zero-order chi connectivity index (χ0) is 16.4. The molecule has 2 fully saturated rings. The van der Waals surface area contributed by atoms with Gasteiger partial charge in [0, 0.05) is 5.56 Å². The summed E-state index contributed by atoms with van der Waals surface area (Å²) in [4.78, 5) is 11.0. The van der Waals surface area contributed by atoms with E-state index in [-0.39, 0.29) is 0 Å². The van der Waals surface area contributed by atoms with Gasteiger partial charge in [0.15, 0.2) is 0 Å². The van der Waals surface area contributed by atoms with Crippen molar-refractivity contribution < 1.29 is 9.53 Å². The normalized spacial score (nSPS) is 31.1. The number of aldehydes is 1. The zero-order valence-electron chi connectivity index (χ0n) is 14.7. The molecule has 0 spiro atoms. The number of rotatable bonds is 3.